The third-order valence-electron chi connectivity index (χ3n) is 5.47. The number of thiophene rings is 1. The lowest BCUT2D eigenvalue weighted by molar-refractivity contribution is -0.113. The van der Waals surface area contributed by atoms with Crippen LogP contribution in [-0.2, 0) is 17.6 Å². The lowest BCUT2D eigenvalue weighted by Gasteiger charge is -2.12. The van der Waals surface area contributed by atoms with Gasteiger partial charge >= 0.3 is 5.97 Å². The zero-order valence-electron chi connectivity index (χ0n) is 16.3. The summed E-state index contributed by atoms with van der Waals surface area (Å²) in [5.74, 6) is 0.404. The van der Waals surface area contributed by atoms with E-state index in [1.54, 1.807) is 23.5 Å². The minimum absolute atomic E-state index is 0.150. The largest absolute Gasteiger partial charge is 0.478 e. The number of aryl methyl sites for hydroxylation is 2. The van der Waals surface area contributed by atoms with E-state index in [9.17, 15) is 9.59 Å². The standard InChI is InChI=1S/C22H21N3O3S2/c26-17(23-14-5-3-4-13(10-14)22(27)28)11-29-20-18-15-6-1-2-7-16(15)30-21(18)25-19(24-20)12-8-9-12/h3-5,10,12H,1-2,6-9,11H2,(H,23,26)(H,27,28). The topological polar surface area (TPSA) is 92.2 Å². The Morgan fingerprint density at radius 1 is 1.20 bits per heavy atom. The fourth-order valence-electron chi connectivity index (χ4n) is 3.83. The van der Waals surface area contributed by atoms with Gasteiger partial charge < -0.3 is 10.4 Å². The minimum atomic E-state index is -1.02. The maximum atomic E-state index is 12.5. The van der Waals surface area contributed by atoms with Crippen molar-refractivity contribution in [3.8, 4) is 0 Å². The average Bonchev–Trinajstić information content (AvgIpc) is 3.52. The summed E-state index contributed by atoms with van der Waals surface area (Å²) < 4.78 is 0. The Hall–Kier alpha value is -2.45. The van der Waals surface area contributed by atoms with E-state index in [1.807, 2.05) is 0 Å². The average molecular weight is 440 g/mol. The smallest absolute Gasteiger partial charge is 0.335 e. The molecule has 0 unspecified atom stereocenters. The highest BCUT2D eigenvalue weighted by atomic mass is 32.2. The zero-order valence-corrected chi connectivity index (χ0v) is 17.9. The first kappa shape index (κ1) is 19.5. The molecule has 2 heterocycles. The predicted octanol–water partition coefficient (Wildman–Crippen LogP) is 4.88. The molecule has 30 heavy (non-hydrogen) atoms. The number of hydrogen-bond donors (Lipinski definition) is 2. The number of carbonyl (C=O) groups excluding carboxylic acids is 1. The molecule has 0 spiro atoms. The Kier molecular flexibility index (Phi) is 5.20. The molecular weight excluding hydrogens is 418 g/mol. The normalized spacial score (nSPS) is 15.7. The summed E-state index contributed by atoms with van der Waals surface area (Å²) in [5, 5.41) is 14.0. The number of fused-ring (bicyclic) bond motifs is 3. The highest BCUT2D eigenvalue weighted by Crippen LogP contribution is 2.43. The number of hydrogen-bond acceptors (Lipinski definition) is 6. The maximum absolute atomic E-state index is 12.5. The number of nitrogens with zero attached hydrogens (tertiary/aromatic N) is 2. The summed E-state index contributed by atoms with van der Waals surface area (Å²) in [6.07, 6.45) is 6.86. The Morgan fingerprint density at radius 2 is 2.03 bits per heavy atom. The van der Waals surface area contributed by atoms with Crippen molar-refractivity contribution >= 4 is 50.9 Å². The Bertz CT molecular complexity index is 1150. The van der Waals surface area contributed by atoms with Crippen molar-refractivity contribution in [1.82, 2.24) is 9.97 Å². The number of aromatic carboxylic acids is 1. The summed E-state index contributed by atoms with van der Waals surface area (Å²) in [4.78, 5) is 35.9. The molecule has 0 bridgehead atoms. The number of nitrogens with one attached hydrogen (secondary N) is 1. The second-order valence-corrected chi connectivity index (χ2v) is 9.82. The van der Waals surface area contributed by atoms with Crippen LogP contribution < -0.4 is 5.32 Å². The fraction of sp³-hybridized carbons (Fsp3) is 0.364. The maximum Gasteiger partial charge on any atom is 0.335 e. The van der Waals surface area contributed by atoms with Crippen LogP contribution in [0.2, 0.25) is 0 Å². The lowest BCUT2D eigenvalue weighted by Crippen LogP contribution is -2.14. The van der Waals surface area contributed by atoms with Gasteiger partial charge in [0.15, 0.2) is 0 Å². The quantitative estimate of drug-likeness (QED) is 0.420. The highest BCUT2D eigenvalue weighted by molar-refractivity contribution is 8.00. The molecule has 154 valence electrons. The SMILES string of the molecule is O=C(CSc1nc(C2CC2)nc2sc3c(c12)CCCC3)Nc1cccc(C(=O)O)c1. The molecule has 1 fully saturated rings. The van der Waals surface area contributed by atoms with Crippen molar-refractivity contribution in [2.24, 2.45) is 0 Å². The minimum Gasteiger partial charge on any atom is -0.478 e. The van der Waals surface area contributed by atoms with Gasteiger partial charge in [0, 0.05) is 21.9 Å². The fourth-order valence-corrected chi connectivity index (χ4v) is 6.02. The van der Waals surface area contributed by atoms with Gasteiger partial charge in [-0.05, 0) is 62.3 Å². The second kappa shape index (κ2) is 8.00. The van der Waals surface area contributed by atoms with Crippen molar-refractivity contribution in [2.45, 2.75) is 49.5 Å². The molecule has 0 saturated heterocycles. The molecule has 8 heteroatoms. The van der Waals surface area contributed by atoms with Crippen LogP contribution in [0.3, 0.4) is 0 Å². The molecule has 2 N–H and O–H groups in total. The van der Waals surface area contributed by atoms with Crippen LogP contribution in [0.25, 0.3) is 10.2 Å². The van der Waals surface area contributed by atoms with Gasteiger partial charge in [0.05, 0.1) is 11.3 Å². The van der Waals surface area contributed by atoms with E-state index in [4.69, 9.17) is 15.1 Å². The third kappa shape index (κ3) is 3.94. The summed E-state index contributed by atoms with van der Waals surface area (Å²) in [7, 11) is 0. The van der Waals surface area contributed by atoms with Crippen molar-refractivity contribution in [3.63, 3.8) is 0 Å². The van der Waals surface area contributed by atoms with Gasteiger partial charge in [0.1, 0.15) is 15.7 Å². The highest BCUT2D eigenvalue weighted by Gasteiger charge is 2.29. The number of rotatable bonds is 6. The Labute approximate surface area is 182 Å². The summed E-state index contributed by atoms with van der Waals surface area (Å²) in [6.45, 7) is 0. The molecular formula is C22H21N3O3S2. The number of thioether (sulfide) groups is 1. The van der Waals surface area contributed by atoms with Gasteiger partial charge in [-0.25, -0.2) is 14.8 Å². The van der Waals surface area contributed by atoms with Gasteiger partial charge in [0.25, 0.3) is 0 Å². The molecule has 5 rings (SSSR count). The Morgan fingerprint density at radius 3 is 2.83 bits per heavy atom. The molecule has 1 aromatic carbocycles. The van der Waals surface area contributed by atoms with E-state index < -0.39 is 5.97 Å². The molecule has 1 saturated carbocycles. The number of aromatic nitrogens is 2. The predicted molar refractivity (Wildman–Crippen MR) is 119 cm³/mol. The molecule has 2 aromatic heterocycles. The van der Waals surface area contributed by atoms with Gasteiger partial charge in [-0.15, -0.1) is 11.3 Å². The molecule has 0 atom stereocenters. The first-order valence-electron chi connectivity index (χ1n) is 10.2. The molecule has 3 aromatic rings. The van der Waals surface area contributed by atoms with Crippen LogP contribution in [0.4, 0.5) is 5.69 Å². The number of benzene rings is 1. The summed E-state index contributed by atoms with van der Waals surface area (Å²) in [6, 6.07) is 6.29. The van der Waals surface area contributed by atoms with Crippen LogP contribution in [0.1, 0.15) is 58.2 Å². The number of carboxylic acids is 1. The first-order valence-corrected chi connectivity index (χ1v) is 12.0. The van der Waals surface area contributed by atoms with Crippen LogP contribution in [0.5, 0.6) is 0 Å². The molecule has 6 nitrogen and oxygen atoms in total. The monoisotopic (exact) mass is 439 g/mol. The summed E-state index contributed by atoms with van der Waals surface area (Å²) in [5.41, 5.74) is 2.01. The van der Waals surface area contributed by atoms with Crippen LogP contribution >= 0.6 is 23.1 Å². The van der Waals surface area contributed by atoms with Crippen LogP contribution in [0, 0.1) is 0 Å². The third-order valence-corrected chi connectivity index (χ3v) is 7.64. The van der Waals surface area contributed by atoms with E-state index in [0.29, 0.717) is 11.6 Å². The zero-order chi connectivity index (χ0) is 20.7. The van der Waals surface area contributed by atoms with Gasteiger partial charge in [0.2, 0.25) is 5.91 Å². The van der Waals surface area contributed by atoms with Crippen LogP contribution in [0.15, 0.2) is 29.3 Å². The van der Waals surface area contributed by atoms with Gasteiger partial charge in [-0.2, -0.15) is 0 Å². The number of carbonyl (C=O) groups is 2. The molecule has 2 aliphatic rings. The number of anilines is 1. The molecule has 1 amide bonds. The van der Waals surface area contributed by atoms with Gasteiger partial charge in [-0.1, -0.05) is 17.8 Å². The first-order chi connectivity index (χ1) is 14.6. The van der Waals surface area contributed by atoms with Crippen LogP contribution in [-0.4, -0.2) is 32.7 Å². The van der Waals surface area contributed by atoms with Crippen molar-refractivity contribution in [1.29, 1.82) is 0 Å². The Balaban J connectivity index is 1.38. The van der Waals surface area contributed by atoms with E-state index >= 15 is 0 Å². The molecule has 2 aliphatic carbocycles. The van der Waals surface area contributed by atoms with Crippen molar-refractivity contribution in [2.75, 3.05) is 11.1 Å². The lowest BCUT2D eigenvalue weighted by atomic mass is 9.97. The summed E-state index contributed by atoms with van der Waals surface area (Å²) >= 11 is 3.25. The van der Waals surface area contributed by atoms with E-state index in [-0.39, 0.29) is 17.2 Å². The number of amides is 1. The van der Waals surface area contributed by atoms with Gasteiger partial charge in [-0.3, -0.25) is 4.79 Å². The second-order valence-electron chi connectivity index (χ2n) is 7.78. The van der Waals surface area contributed by atoms with E-state index in [0.717, 1.165) is 46.8 Å². The van der Waals surface area contributed by atoms with E-state index in [1.165, 1.54) is 47.2 Å². The molecule has 0 aliphatic heterocycles. The van der Waals surface area contributed by atoms with Crippen molar-refractivity contribution in [3.05, 3.63) is 46.1 Å². The number of carboxylic acid groups (broad SMARTS) is 1. The van der Waals surface area contributed by atoms with Crippen molar-refractivity contribution < 1.29 is 14.7 Å². The van der Waals surface area contributed by atoms with E-state index in [2.05, 4.69) is 5.32 Å². The molecule has 0 radical (unpaired) electrons.